The molecule has 7 nitrogen and oxygen atoms in total. The minimum atomic E-state index is -2.47. The molecule has 1 atom stereocenters. The van der Waals surface area contributed by atoms with Crippen LogP contribution in [0.2, 0.25) is 0 Å². The first-order valence-corrected chi connectivity index (χ1v) is 10.3. The molecule has 3 heterocycles. The number of rotatable bonds is 3. The standard InChI is InChI=1S/C20H33F2N5O2/c1-14-12-16(26-11-8-23-13-20(26,5)17(21)22)24-27(14)15-6-9-25(10-7-15)18(28)29-19(2,3)4/h12,15,17,23H,6-11,13H2,1-5H3/t20-/m0/s1. The Labute approximate surface area is 171 Å². The first-order valence-electron chi connectivity index (χ1n) is 10.3. The highest BCUT2D eigenvalue weighted by molar-refractivity contribution is 5.68. The van der Waals surface area contributed by atoms with Crippen LogP contribution < -0.4 is 10.2 Å². The minimum Gasteiger partial charge on any atom is -0.444 e. The van der Waals surface area contributed by atoms with Crippen LogP contribution >= 0.6 is 0 Å². The van der Waals surface area contributed by atoms with Crippen LogP contribution in [0.5, 0.6) is 0 Å². The van der Waals surface area contributed by atoms with E-state index in [1.165, 1.54) is 0 Å². The molecule has 9 heteroatoms. The van der Waals surface area contributed by atoms with Crippen molar-refractivity contribution in [1.29, 1.82) is 0 Å². The number of carbonyl (C=O) groups is 1. The molecule has 1 N–H and O–H groups in total. The Morgan fingerprint density at radius 2 is 1.97 bits per heavy atom. The van der Waals surface area contributed by atoms with E-state index in [2.05, 4.69) is 5.32 Å². The second kappa shape index (κ2) is 8.08. The van der Waals surface area contributed by atoms with Crippen molar-refractivity contribution in [2.24, 2.45) is 0 Å². The molecular formula is C20H33F2N5O2. The molecule has 0 unspecified atom stereocenters. The van der Waals surface area contributed by atoms with Gasteiger partial charge in [0.05, 0.1) is 6.04 Å². The maximum atomic E-state index is 13.8. The lowest BCUT2D eigenvalue weighted by Gasteiger charge is -2.44. The molecule has 1 amide bonds. The lowest BCUT2D eigenvalue weighted by molar-refractivity contribution is 0.0184. The van der Waals surface area contributed by atoms with Crippen LogP contribution in [0.15, 0.2) is 6.07 Å². The topological polar surface area (TPSA) is 62.6 Å². The Morgan fingerprint density at radius 3 is 2.55 bits per heavy atom. The van der Waals surface area contributed by atoms with E-state index in [9.17, 15) is 13.6 Å². The van der Waals surface area contributed by atoms with Crippen molar-refractivity contribution in [3.63, 3.8) is 0 Å². The summed E-state index contributed by atoms with van der Waals surface area (Å²) in [5.74, 6) is 0.598. The van der Waals surface area contributed by atoms with Gasteiger partial charge in [0, 0.05) is 44.5 Å². The van der Waals surface area contributed by atoms with Gasteiger partial charge in [-0.1, -0.05) is 0 Å². The largest absolute Gasteiger partial charge is 0.444 e. The summed E-state index contributed by atoms with van der Waals surface area (Å²) in [7, 11) is 0. The molecule has 2 fully saturated rings. The lowest BCUT2D eigenvalue weighted by atomic mass is 9.98. The number of nitrogens with one attached hydrogen (secondary N) is 1. The van der Waals surface area contributed by atoms with Crippen molar-refractivity contribution in [1.82, 2.24) is 20.0 Å². The third-order valence-corrected chi connectivity index (χ3v) is 5.73. The number of piperazine rings is 1. The lowest BCUT2D eigenvalue weighted by Crippen LogP contribution is -2.63. The van der Waals surface area contributed by atoms with Crippen LogP contribution in [0.4, 0.5) is 19.4 Å². The Kier molecular flexibility index (Phi) is 6.08. The van der Waals surface area contributed by atoms with E-state index >= 15 is 0 Å². The van der Waals surface area contributed by atoms with Crippen molar-refractivity contribution in [3.05, 3.63) is 11.8 Å². The molecule has 3 rings (SSSR count). The second-order valence-corrected chi connectivity index (χ2v) is 9.27. The molecule has 2 saturated heterocycles. The van der Waals surface area contributed by atoms with E-state index in [0.29, 0.717) is 32.0 Å². The summed E-state index contributed by atoms with van der Waals surface area (Å²) in [6.07, 6.45) is -1.25. The molecule has 0 aromatic carbocycles. The highest BCUT2D eigenvalue weighted by atomic mass is 19.3. The van der Waals surface area contributed by atoms with Gasteiger partial charge >= 0.3 is 6.09 Å². The number of alkyl halides is 2. The molecule has 1 aromatic heterocycles. The van der Waals surface area contributed by atoms with Crippen molar-refractivity contribution >= 4 is 11.9 Å². The fraction of sp³-hybridized carbons (Fsp3) is 0.800. The Bertz CT molecular complexity index is 725. The molecule has 2 aliphatic rings. The summed E-state index contributed by atoms with van der Waals surface area (Å²) in [5.41, 5.74) is -0.836. The number of amides is 1. The van der Waals surface area contributed by atoms with E-state index < -0.39 is 17.6 Å². The van der Waals surface area contributed by atoms with Crippen LogP contribution in [-0.4, -0.2) is 71.1 Å². The number of anilines is 1. The quantitative estimate of drug-likeness (QED) is 0.825. The summed E-state index contributed by atoms with van der Waals surface area (Å²) < 4.78 is 34.9. The maximum absolute atomic E-state index is 13.8. The van der Waals surface area contributed by atoms with E-state index in [1.807, 2.05) is 38.4 Å². The van der Waals surface area contributed by atoms with Crippen molar-refractivity contribution in [3.8, 4) is 0 Å². The fourth-order valence-corrected chi connectivity index (χ4v) is 4.05. The number of aryl methyl sites for hydroxylation is 1. The van der Waals surface area contributed by atoms with Gasteiger partial charge in [0.1, 0.15) is 11.1 Å². The highest BCUT2D eigenvalue weighted by Gasteiger charge is 2.44. The number of hydrogen-bond donors (Lipinski definition) is 1. The van der Waals surface area contributed by atoms with Crippen LogP contribution in [-0.2, 0) is 4.74 Å². The van der Waals surface area contributed by atoms with Crippen LogP contribution in [0, 0.1) is 6.92 Å². The Balaban J connectivity index is 1.69. The van der Waals surface area contributed by atoms with Gasteiger partial charge < -0.3 is 19.9 Å². The Morgan fingerprint density at radius 1 is 1.31 bits per heavy atom. The highest BCUT2D eigenvalue weighted by Crippen LogP contribution is 2.32. The molecule has 0 aliphatic carbocycles. The van der Waals surface area contributed by atoms with Crippen LogP contribution in [0.25, 0.3) is 0 Å². The molecular weight excluding hydrogens is 380 g/mol. The normalized spacial score (nSPS) is 24.3. The van der Waals surface area contributed by atoms with Crippen LogP contribution in [0.1, 0.15) is 52.3 Å². The van der Waals surface area contributed by atoms with Gasteiger partial charge in [-0.25, -0.2) is 13.6 Å². The molecule has 0 spiro atoms. The first kappa shape index (κ1) is 21.8. The van der Waals surface area contributed by atoms with E-state index in [-0.39, 0.29) is 18.7 Å². The number of piperidine rings is 1. The van der Waals surface area contributed by atoms with Gasteiger partial charge in [-0.2, -0.15) is 5.10 Å². The summed E-state index contributed by atoms with van der Waals surface area (Å²) in [6, 6.07) is 2.04. The zero-order valence-corrected chi connectivity index (χ0v) is 18.0. The van der Waals surface area contributed by atoms with Crippen LogP contribution in [0.3, 0.4) is 0 Å². The molecule has 164 valence electrons. The van der Waals surface area contributed by atoms with Gasteiger partial charge in [0.15, 0.2) is 5.82 Å². The molecule has 0 bridgehead atoms. The predicted octanol–water partition coefficient (Wildman–Crippen LogP) is 3.20. The van der Waals surface area contributed by atoms with Gasteiger partial charge in [-0.15, -0.1) is 0 Å². The fourth-order valence-electron chi connectivity index (χ4n) is 4.05. The average Bonchev–Trinajstić information content (AvgIpc) is 3.02. The summed E-state index contributed by atoms with van der Waals surface area (Å²) in [4.78, 5) is 15.7. The molecule has 0 radical (unpaired) electrons. The van der Waals surface area contributed by atoms with Gasteiger partial charge in [-0.05, 0) is 47.5 Å². The number of ether oxygens (including phenoxy) is 1. The number of aromatic nitrogens is 2. The summed E-state index contributed by atoms with van der Waals surface area (Å²) in [5, 5.41) is 7.78. The monoisotopic (exact) mass is 413 g/mol. The number of hydrogen-bond acceptors (Lipinski definition) is 5. The maximum Gasteiger partial charge on any atom is 0.410 e. The molecule has 29 heavy (non-hydrogen) atoms. The smallest absolute Gasteiger partial charge is 0.410 e. The predicted molar refractivity (Wildman–Crippen MR) is 108 cm³/mol. The van der Waals surface area contributed by atoms with Crippen molar-refractivity contribution in [2.75, 3.05) is 37.6 Å². The number of carbonyl (C=O) groups excluding carboxylic acids is 1. The van der Waals surface area contributed by atoms with E-state index in [1.54, 1.807) is 16.7 Å². The van der Waals surface area contributed by atoms with Crippen molar-refractivity contribution < 1.29 is 18.3 Å². The number of nitrogens with zero attached hydrogens (tertiary/aromatic N) is 4. The second-order valence-electron chi connectivity index (χ2n) is 9.27. The van der Waals surface area contributed by atoms with Gasteiger partial charge in [-0.3, -0.25) is 4.68 Å². The molecule has 2 aliphatic heterocycles. The summed E-state index contributed by atoms with van der Waals surface area (Å²) in [6.45, 7) is 11.7. The first-order chi connectivity index (χ1) is 13.5. The zero-order valence-electron chi connectivity index (χ0n) is 18.0. The average molecular weight is 414 g/mol. The third kappa shape index (κ3) is 4.65. The molecule has 0 saturated carbocycles. The van der Waals surface area contributed by atoms with Gasteiger partial charge in [0.2, 0.25) is 0 Å². The van der Waals surface area contributed by atoms with E-state index in [4.69, 9.17) is 9.84 Å². The number of likely N-dealkylation sites (tertiary alicyclic amines) is 1. The number of halogens is 2. The zero-order chi connectivity index (χ0) is 21.4. The summed E-state index contributed by atoms with van der Waals surface area (Å²) >= 11 is 0. The van der Waals surface area contributed by atoms with Crippen molar-refractivity contribution in [2.45, 2.75) is 71.1 Å². The third-order valence-electron chi connectivity index (χ3n) is 5.73. The van der Waals surface area contributed by atoms with Gasteiger partial charge in [0.25, 0.3) is 6.43 Å². The SMILES string of the molecule is Cc1cc(N2CCNC[C@@]2(C)C(F)F)nn1C1CCN(C(=O)OC(C)(C)C)CC1. The minimum absolute atomic E-state index is 0.142. The Hall–Kier alpha value is -1.90. The van der Waals surface area contributed by atoms with E-state index in [0.717, 1.165) is 18.5 Å². The molecule has 1 aromatic rings.